The summed E-state index contributed by atoms with van der Waals surface area (Å²) in [5, 5.41) is 19.4. The molecule has 0 atom stereocenters. The number of carbonyl (C=O) groups is 2. The highest BCUT2D eigenvalue weighted by Gasteiger charge is 2.23. The molecule has 0 bridgehead atoms. The zero-order valence-electron chi connectivity index (χ0n) is 27.5. The molecule has 1 aliphatic heterocycles. The van der Waals surface area contributed by atoms with Crippen molar-refractivity contribution in [2.75, 3.05) is 36.8 Å². The number of carbonyl (C=O) groups excluding carboxylic acids is 2. The van der Waals surface area contributed by atoms with E-state index in [1.807, 2.05) is 85.8 Å². The van der Waals surface area contributed by atoms with Crippen molar-refractivity contribution in [1.82, 2.24) is 15.2 Å². The Morgan fingerprint density at radius 3 is 2.55 bits per heavy atom. The van der Waals surface area contributed by atoms with E-state index in [0.717, 1.165) is 62.6 Å². The van der Waals surface area contributed by atoms with E-state index in [0.29, 0.717) is 56.5 Å². The molecular formula is C38H41N5O5S. The Morgan fingerprint density at radius 2 is 1.73 bits per heavy atom. The Hall–Kier alpha value is -4.97. The van der Waals surface area contributed by atoms with Crippen LogP contribution in [0, 0.1) is 6.92 Å². The molecule has 4 aromatic carbocycles. The van der Waals surface area contributed by atoms with Crippen LogP contribution in [-0.2, 0) is 22.5 Å². The smallest absolute Gasteiger partial charge is 0.411 e. The van der Waals surface area contributed by atoms with E-state index in [-0.39, 0.29) is 22.6 Å². The number of aromatic hydroxyl groups is 1. The molecule has 49 heavy (non-hydrogen) atoms. The molecule has 0 saturated carbocycles. The second-order valence-electron chi connectivity index (χ2n) is 12.3. The summed E-state index contributed by atoms with van der Waals surface area (Å²) in [7, 11) is 0. The van der Waals surface area contributed by atoms with Crippen molar-refractivity contribution in [2.45, 2.75) is 45.3 Å². The SMILES string of the molecule is Cc1ccc(NC(=O)CCN2CCC(OC(=O)Nc3ccccc3-c3ccccc3)CC2)cc1CNCCc1ccc(O)c2[nH]c(=O)sc12. The van der Waals surface area contributed by atoms with Crippen LogP contribution in [0.15, 0.2) is 89.7 Å². The Morgan fingerprint density at radius 1 is 0.959 bits per heavy atom. The first-order valence-corrected chi connectivity index (χ1v) is 17.4. The number of hydrogen-bond donors (Lipinski definition) is 5. The normalized spacial score (nSPS) is 13.7. The van der Waals surface area contributed by atoms with Crippen LogP contribution >= 0.6 is 11.3 Å². The molecule has 10 nitrogen and oxygen atoms in total. The van der Waals surface area contributed by atoms with Gasteiger partial charge in [-0.3, -0.25) is 14.9 Å². The van der Waals surface area contributed by atoms with Crippen LogP contribution < -0.4 is 20.8 Å². The fourth-order valence-electron chi connectivity index (χ4n) is 6.14. The molecule has 1 saturated heterocycles. The van der Waals surface area contributed by atoms with Gasteiger partial charge in [-0.25, -0.2) is 4.79 Å². The van der Waals surface area contributed by atoms with Gasteiger partial charge in [-0.15, -0.1) is 0 Å². The van der Waals surface area contributed by atoms with Crippen molar-refractivity contribution < 1.29 is 19.4 Å². The van der Waals surface area contributed by atoms with Crippen LogP contribution in [0.25, 0.3) is 21.3 Å². The quantitative estimate of drug-likeness (QED) is 0.0933. The number of amides is 2. The number of piperidine rings is 1. The van der Waals surface area contributed by atoms with Crippen molar-refractivity contribution in [3.8, 4) is 16.9 Å². The fourth-order valence-corrected chi connectivity index (χ4v) is 7.04. The summed E-state index contributed by atoms with van der Waals surface area (Å²) in [5.41, 5.74) is 7.15. The molecule has 0 radical (unpaired) electrons. The van der Waals surface area contributed by atoms with Gasteiger partial charge in [-0.1, -0.05) is 72.0 Å². The number of aryl methyl sites for hydroxylation is 1. The van der Waals surface area contributed by atoms with Crippen molar-refractivity contribution in [3.63, 3.8) is 0 Å². The molecular weight excluding hydrogens is 639 g/mol. The minimum atomic E-state index is -0.455. The number of para-hydroxylation sites is 1. The maximum Gasteiger partial charge on any atom is 0.411 e. The van der Waals surface area contributed by atoms with Gasteiger partial charge < -0.3 is 30.4 Å². The number of thiazole rings is 1. The largest absolute Gasteiger partial charge is 0.506 e. The number of anilines is 2. The van der Waals surface area contributed by atoms with Gasteiger partial charge in [0.1, 0.15) is 17.4 Å². The van der Waals surface area contributed by atoms with Gasteiger partial charge in [0.15, 0.2) is 0 Å². The number of aromatic nitrogens is 1. The summed E-state index contributed by atoms with van der Waals surface area (Å²) in [6.45, 7) is 5.51. The van der Waals surface area contributed by atoms with Crippen molar-refractivity contribution in [2.24, 2.45) is 0 Å². The summed E-state index contributed by atoms with van der Waals surface area (Å²) in [4.78, 5) is 42.1. The van der Waals surface area contributed by atoms with Crippen LogP contribution in [-0.4, -0.2) is 59.3 Å². The highest BCUT2D eigenvalue weighted by Crippen LogP contribution is 2.29. The van der Waals surface area contributed by atoms with Crippen LogP contribution in [0.5, 0.6) is 5.75 Å². The number of phenols is 1. The molecule has 11 heteroatoms. The van der Waals surface area contributed by atoms with Gasteiger partial charge in [0.2, 0.25) is 5.91 Å². The van der Waals surface area contributed by atoms with Crippen molar-refractivity contribution in [1.29, 1.82) is 0 Å². The topological polar surface area (TPSA) is 136 Å². The summed E-state index contributed by atoms with van der Waals surface area (Å²) < 4.78 is 6.54. The first-order chi connectivity index (χ1) is 23.8. The number of benzene rings is 4. The molecule has 5 N–H and O–H groups in total. The van der Waals surface area contributed by atoms with Gasteiger partial charge in [0, 0.05) is 43.9 Å². The molecule has 0 aliphatic carbocycles. The van der Waals surface area contributed by atoms with Crippen LogP contribution in [0.2, 0.25) is 0 Å². The van der Waals surface area contributed by atoms with Gasteiger partial charge in [-0.05, 0) is 79.3 Å². The summed E-state index contributed by atoms with van der Waals surface area (Å²) in [5.74, 6) is 0.0388. The number of ether oxygens (including phenoxy) is 1. The summed E-state index contributed by atoms with van der Waals surface area (Å²) in [6.07, 6.45) is 1.88. The Labute approximate surface area is 289 Å². The Bertz CT molecular complexity index is 1970. The molecule has 0 spiro atoms. The standard InChI is InChI=1S/C38H41N5O5S/c1-25-11-13-29(23-28(25)24-39-19-15-27-12-14-33(44)35-36(27)49-38(47)42-35)40-34(45)18-22-43-20-16-30(17-21-43)48-37(46)41-32-10-6-5-9-31(32)26-7-3-2-4-8-26/h2-14,23,30,39,44H,15-22,24H2,1H3,(H,40,45)(H,41,46)(H,42,47). The lowest BCUT2D eigenvalue weighted by Gasteiger charge is -2.31. The maximum atomic E-state index is 12.8. The molecule has 1 fully saturated rings. The number of rotatable bonds is 12. The number of phenolic OH excluding ortho intramolecular Hbond substituents is 1. The first kappa shape index (κ1) is 33.9. The number of aromatic amines is 1. The molecule has 2 amide bonds. The second kappa shape index (κ2) is 16.0. The van der Waals surface area contributed by atoms with Gasteiger partial charge in [0.05, 0.1) is 10.4 Å². The third kappa shape index (κ3) is 8.94. The lowest BCUT2D eigenvalue weighted by Crippen LogP contribution is -2.39. The molecule has 1 aromatic heterocycles. The van der Waals surface area contributed by atoms with E-state index >= 15 is 0 Å². The van der Waals surface area contributed by atoms with E-state index in [9.17, 15) is 19.5 Å². The summed E-state index contributed by atoms with van der Waals surface area (Å²) in [6, 6.07) is 27.0. The van der Waals surface area contributed by atoms with E-state index in [4.69, 9.17) is 4.74 Å². The number of nitrogens with one attached hydrogen (secondary N) is 4. The minimum absolute atomic E-state index is 0.0422. The Balaban J connectivity index is 0.909. The number of H-pyrrole nitrogens is 1. The molecule has 5 aromatic rings. The number of likely N-dealkylation sites (tertiary alicyclic amines) is 1. The number of fused-ring (bicyclic) bond motifs is 1. The predicted molar refractivity (Wildman–Crippen MR) is 195 cm³/mol. The van der Waals surface area contributed by atoms with Crippen LogP contribution in [0.4, 0.5) is 16.2 Å². The minimum Gasteiger partial charge on any atom is -0.506 e. The van der Waals surface area contributed by atoms with Crippen LogP contribution in [0.1, 0.15) is 36.0 Å². The lowest BCUT2D eigenvalue weighted by molar-refractivity contribution is -0.116. The van der Waals surface area contributed by atoms with E-state index < -0.39 is 6.09 Å². The highest BCUT2D eigenvalue weighted by molar-refractivity contribution is 7.16. The van der Waals surface area contributed by atoms with E-state index in [1.54, 1.807) is 6.07 Å². The highest BCUT2D eigenvalue weighted by atomic mass is 32.1. The molecule has 6 rings (SSSR count). The number of hydrogen-bond acceptors (Lipinski definition) is 8. The lowest BCUT2D eigenvalue weighted by atomic mass is 10.0. The fraction of sp³-hybridized carbons (Fsp3) is 0.289. The molecule has 1 aliphatic rings. The average molecular weight is 680 g/mol. The van der Waals surface area contributed by atoms with Crippen molar-refractivity contribution >= 4 is 44.9 Å². The van der Waals surface area contributed by atoms with E-state index in [2.05, 4.69) is 25.8 Å². The average Bonchev–Trinajstić information content (AvgIpc) is 3.51. The monoisotopic (exact) mass is 679 g/mol. The molecule has 0 unspecified atom stereocenters. The Kier molecular flexibility index (Phi) is 11.0. The zero-order chi connectivity index (χ0) is 34.2. The van der Waals surface area contributed by atoms with Gasteiger partial charge in [0.25, 0.3) is 0 Å². The number of nitrogens with zero attached hydrogens (tertiary/aromatic N) is 1. The third-order valence-corrected chi connectivity index (χ3v) is 9.83. The van der Waals surface area contributed by atoms with Gasteiger partial charge in [-0.2, -0.15) is 0 Å². The second-order valence-corrected chi connectivity index (χ2v) is 13.3. The maximum absolute atomic E-state index is 12.8. The van der Waals surface area contributed by atoms with E-state index in [1.165, 1.54) is 0 Å². The van der Waals surface area contributed by atoms with Crippen molar-refractivity contribution in [3.05, 3.63) is 111 Å². The summed E-state index contributed by atoms with van der Waals surface area (Å²) >= 11 is 1.11. The zero-order valence-corrected chi connectivity index (χ0v) is 28.3. The van der Waals surface area contributed by atoms with Gasteiger partial charge >= 0.3 is 11.0 Å². The van der Waals surface area contributed by atoms with Crippen LogP contribution in [0.3, 0.4) is 0 Å². The first-order valence-electron chi connectivity index (χ1n) is 16.6. The third-order valence-electron chi connectivity index (χ3n) is 8.87. The molecule has 2 heterocycles. The molecule has 254 valence electrons. The predicted octanol–water partition coefficient (Wildman–Crippen LogP) is 6.64.